The summed E-state index contributed by atoms with van der Waals surface area (Å²) in [5.41, 5.74) is 0.525. The van der Waals surface area contributed by atoms with Crippen molar-refractivity contribution in [3.63, 3.8) is 0 Å². The number of nitrogens with zero attached hydrogens (tertiary/aromatic N) is 1. The van der Waals surface area contributed by atoms with E-state index in [0.717, 1.165) is 12.8 Å². The van der Waals surface area contributed by atoms with Gasteiger partial charge in [0, 0.05) is 17.5 Å². The Kier molecular flexibility index (Phi) is 5.07. The lowest BCUT2D eigenvalue weighted by atomic mass is 10.2. The first-order chi connectivity index (χ1) is 9.24. The minimum absolute atomic E-state index is 0.308. The molecular formula is C14H20N2O2S. The van der Waals surface area contributed by atoms with Crippen LogP contribution in [0.25, 0.3) is 0 Å². The van der Waals surface area contributed by atoms with Crippen LogP contribution in [0.3, 0.4) is 0 Å². The summed E-state index contributed by atoms with van der Waals surface area (Å²) < 4.78 is 5.05. The Bertz CT molecular complexity index is 439. The monoisotopic (exact) mass is 280 g/mol. The predicted molar refractivity (Wildman–Crippen MR) is 78.8 cm³/mol. The Morgan fingerprint density at radius 2 is 2.42 bits per heavy atom. The molecule has 0 spiro atoms. The molecule has 2 rings (SSSR count). The second-order valence-corrected chi connectivity index (χ2v) is 5.77. The van der Waals surface area contributed by atoms with Crippen LogP contribution in [0.1, 0.15) is 36.5 Å². The van der Waals surface area contributed by atoms with E-state index in [-0.39, 0.29) is 5.97 Å². The van der Waals surface area contributed by atoms with E-state index in [2.05, 4.69) is 16.6 Å². The molecule has 2 atom stereocenters. The van der Waals surface area contributed by atoms with Gasteiger partial charge in [-0.3, -0.25) is 0 Å². The number of pyridine rings is 1. The second kappa shape index (κ2) is 6.80. The Morgan fingerprint density at radius 1 is 1.58 bits per heavy atom. The summed E-state index contributed by atoms with van der Waals surface area (Å²) in [5.74, 6) is 0.338. The topological polar surface area (TPSA) is 51.2 Å². The molecule has 0 saturated heterocycles. The van der Waals surface area contributed by atoms with Crippen LogP contribution in [0.15, 0.2) is 18.3 Å². The molecular weight excluding hydrogens is 260 g/mol. The zero-order valence-corrected chi connectivity index (χ0v) is 12.2. The molecule has 0 aromatic carbocycles. The number of aromatic nitrogens is 1. The molecule has 1 aromatic heterocycles. The molecule has 19 heavy (non-hydrogen) atoms. The van der Waals surface area contributed by atoms with Crippen LogP contribution in [-0.4, -0.2) is 35.1 Å². The normalized spacial score (nSPS) is 22.2. The molecule has 1 aromatic rings. The highest BCUT2D eigenvalue weighted by atomic mass is 32.2. The minimum Gasteiger partial charge on any atom is -0.462 e. The summed E-state index contributed by atoms with van der Waals surface area (Å²) in [4.78, 5) is 16.1. The van der Waals surface area contributed by atoms with Crippen LogP contribution in [0.5, 0.6) is 0 Å². The zero-order valence-electron chi connectivity index (χ0n) is 11.4. The Hall–Kier alpha value is -1.23. The molecule has 1 heterocycles. The van der Waals surface area contributed by atoms with E-state index < -0.39 is 0 Å². The summed E-state index contributed by atoms with van der Waals surface area (Å²) in [6.45, 7) is 2.19. The van der Waals surface area contributed by atoms with Gasteiger partial charge in [0.2, 0.25) is 0 Å². The van der Waals surface area contributed by atoms with Gasteiger partial charge in [-0.1, -0.05) is 0 Å². The van der Waals surface area contributed by atoms with E-state index >= 15 is 0 Å². The predicted octanol–water partition coefficient (Wildman–Crippen LogP) is 2.95. The fraction of sp³-hybridized carbons (Fsp3) is 0.571. The number of nitrogens with one attached hydrogen (secondary N) is 1. The van der Waals surface area contributed by atoms with Gasteiger partial charge in [0.15, 0.2) is 0 Å². The average Bonchev–Trinajstić information content (AvgIpc) is 2.87. The van der Waals surface area contributed by atoms with Gasteiger partial charge in [-0.25, -0.2) is 9.78 Å². The van der Waals surface area contributed by atoms with E-state index in [4.69, 9.17) is 4.74 Å². The standard InChI is InChI=1S/C14H20N2O2S/c1-3-18-14(17)12-5-4-8-15-13(12)16-10-6-7-11(9-10)19-2/h4-5,8,10-11H,3,6-7,9H2,1-2H3,(H,15,16). The van der Waals surface area contributed by atoms with E-state index in [9.17, 15) is 4.79 Å². The van der Waals surface area contributed by atoms with Crippen LogP contribution in [0, 0.1) is 0 Å². The number of thioether (sulfide) groups is 1. The van der Waals surface area contributed by atoms with Crippen molar-refractivity contribution in [3.8, 4) is 0 Å². The summed E-state index contributed by atoms with van der Waals surface area (Å²) in [5, 5.41) is 4.10. The number of carbonyl (C=O) groups excluding carboxylic acids is 1. The first-order valence-electron chi connectivity index (χ1n) is 6.66. The van der Waals surface area contributed by atoms with Crippen molar-refractivity contribution in [1.82, 2.24) is 4.98 Å². The van der Waals surface area contributed by atoms with Crippen LogP contribution in [0.4, 0.5) is 5.82 Å². The molecule has 0 amide bonds. The van der Waals surface area contributed by atoms with Gasteiger partial charge in [-0.15, -0.1) is 0 Å². The first-order valence-corrected chi connectivity index (χ1v) is 7.94. The van der Waals surface area contributed by atoms with Crippen LogP contribution in [-0.2, 0) is 4.74 Å². The Morgan fingerprint density at radius 3 is 3.11 bits per heavy atom. The molecule has 0 radical (unpaired) electrons. The van der Waals surface area contributed by atoms with Gasteiger partial charge < -0.3 is 10.1 Å². The van der Waals surface area contributed by atoms with E-state index in [1.807, 2.05) is 11.8 Å². The summed E-state index contributed by atoms with van der Waals surface area (Å²) in [6, 6.07) is 3.92. The maximum absolute atomic E-state index is 11.9. The Labute approximate surface area is 118 Å². The largest absolute Gasteiger partial charge is 0.462 e. The number of anilines is 1. The zero-order chi connectivity index (χ0) is 13.7. The van der Waals surface area contributed by atoms with Gasteiger partial charge >= 0.3 is 5.97 Å². The highest BCUT2D eigenvalue weighted by Crippen LogP contribution is 2.30. The lowest BCUT2D eigenvalue weighted by Crippen LogP contribution is -2.19. The van der Waals surface area contributed by atoms with Crippen molar-refractivity contribution >= 4 is 23.5 Å². The quantitative estimate of drug-likeness (QED) is 0.840. The second-order valence-electron chi connectivity index (χ2n) is 4.63. The smallest absolute Gasteiger partial charge is 0.341 e. The fourth-order valence-corrected chi connectivity index (χ4v) is 3.17. The third-order valence-electron chi connectivity index (χ3n) is 3.36. The third kappa shape index (κ3) is 3.62. The fourth-order valence-electron chi connectivity index (χ4n) is 2.37. The van der Waals surface area contributed by atoms with Crippen molar-refractivity contribution < 1.29 is 9.53 Å². The van der Waals surface area contributed by atoms with Crippen molar-refractivity contribution in [2.75, 3.05) is 18.2 Å². The third-order valence-corrected chi connectivity index (χ3v) is 4.46. The van der Waals surface area contributed by atoms with Crippen molar-refractivity contribution in [3.05, 3.63) is 23.9 Å². The summed E-state index contributed by atoms with van der Waals surface area (Å²) in [7, 11) is 0. The van der Waals surface area contributed by atoms with Crippen molar-refractivity contribution in [2.24, 2.45) is 0 Å². The maximum atomic E-state index is 11.9. The van der Waals surface area contributed by atoms with Gasteiger partial charge in [0.25, 0.3) is 0 Å². The molecule has 1 fully saturated rings. The molecule has 1 aliphatic carbocycles. The number of esters is 1. The highest BCUT2D eigenvalue weighted by molar-refractivity contribution is 7.99. The molecule has 1 saturated carbocycles. The number of hydrogen-bond acceptors (Lipinski definition) is 5. The summed E-state index contributed by atoms with van der Waals surface area (Å²) in [6.07, 6.45) is 7.33. The number of hydrogen-bond donors (Lipinski definition) is 1. The van der Waals surface area contributed by atoms with Crippen molar-refractivity contribution in [2.45, 2.75) is 37.5 Å². The average molecular weight is 280 g/mol. The molecule has 1 aliphatic rings. The Balaban J connectivity index is 2.06. The van der Waals surface area contributed by atoms with E-state index in [1.54, 1.807) is 25.3 Å². The maximum Gasteiger partial charge on any atom is 0.341 e. The van der Waals surface area contributed by atoms with Crippen molar-refractivity contribution in [1.29, 1.82) is 0 Å². The highest BCUT2D eigenvalue weighted by Gasteiger charge is 2.25. The lowest BCUT2D eigenvalue weighted by molar-refractivity contribution is 0.0527. The SMILES string of the molecule is CCOC(=O)c1cccnc1NC1CCC(SC)C1. The van der Waals surface area contributed by atoms with Gasteiger partial charge in [0.05, 0.1) is 6.61 Å². The van der Waals surface area contributed by atoms with Crippen LogP contribution in [0.2, 0.25) is 0 Å². The molecule has 104 valence electrons. The van der Waals surface area contributed by atoms with Crippen LogP contribution >= 0.6 is 11.8 Å². The van der Waals surface area contributed by atoms with Crippen LogP contribution < -0.4 is 5.32 Å². The van der Waals surface area contributed by atoms with Gasteiger partial charge in [0.1, 0.15) is 11.4 Å². The van der Waals surface area contributed by atoms with Gasteiger partial charge in [-0.05, 0) is 44.6 Å². The number of carbonyl (C=O) groups is 1. The first kappa shape index (κ1) is 14.2. The molecule has 1 N–H and O–H groups in total. The number of ether oxygens (including phenoxy) is 1. The van der Waals surface area contributed by atoms with E-state index in [1.165, 1.54) is 6.42 Å². The molecule has 5 heteroatoms. The molecule has 0 bridgehead atoms. The van der Waals surface area contributed by atoms with E-state index in [0.29, 0.717) is 29.3 Å². The molecule has 2 unspecified atom stereocenters. The van der Waals surface area contributed by atoms with Gasteiger partial charge in [-0.2, -0.15) is 11.8 Å². The minimum atomic E-state index is -0.308. The lowest BCUT2D eigenvalue weighted by Gasteiger charge is -2.15. The summed E-state index contributed by atoms with van der Waals surface area (Å²) >= 11 is 1.91. The number of rotatable bonds is 5. The molecule has 0 aliphatic heterocycles. The molecule has 4 nitrogen and oxygen atoms in total.